The number of aryl methyl sites for hydroxylation is 1. The molecule has 40 heavy (non-hydrogen) atoms. The first-order chi connectivity index (χ1) is 19.5. The number of methoxy groups -OCH3 is 1. The first kappa shape index (κ1) is 27.6. The second-order valence-electron chi connectivity index (χ2n) is 10.7. The SMILES string of the molecule is COc1cccc(CN2CCC(NC(=O)c3ccc(C(=O)N4CCC(Oc5ccc(C)cc5)CC4)cn3)CC2)c1. The Morgan fingerprint density at radius 1 is 0.925 bits per heavy atom. The molecule has 2 aromatic carbocycles. The number of likely N-dealkylation sites (tertiary alicyclic amines) is 2. The van der Waals surface area contributed by atoms with Crippen LogP contribution in [0.4, 0.5) is 0 Å². The van der Waals surface area contributed by atoms with Crippen LogP contribution in [0.1, 0.15) is 57.7 Å². The maximum absolute atomic E-state index is 13.0. The van der Waals surface area contributed by atoms with E-state index in [9.17, 15) is 9.59 Å². The smallest absolute Gasteiger partial charge is 0.270 e. The minimum atomic E-state index is -0.195. The number of hydrogen-bond acceptors (Lipinski definition) is 6. The maximum Gasteiger partial charge on any atom is 0.270 e. The van der Waals surface area contributed by atoms with Gasteiger partial charge in [-0.3, -0.25) is 19.5 Å². The van der Waals surface area contributed by atoms with E-state index in [1.165, 1.54) is 17.3 Å². The molecule has 8 heteroatoms. The highest BCUT2D eigenvalue weighted by molar-refractivity contribution is 5.96. The van der Waals surface area contributed by atoms with Gasteiger partial charge in [-0.25, -0.2) is 0 Å². The molecule has 3 aromatic rings. The average molecular weight is 543 g/mol. The maximum atomic E-state index is 13.0. The van der Waals surface area contributed by atoms with Crippen molar-refractivity contribution in [2.45, 2.75) is 51.3 Å². The van der Waals surface area contributed by atoms with Crippen LogP contribution in [0, 0.1) is 6.92 Å². The number of ether oxygens (including phenoxy) is 2. The van der Waals surface area contributed by atoms with Gasteiger partial charge in [0.2, 0.25) is 0 Å². The Morgan fingerprint density at radius 3 is 2.35 bits per heavy atom. The molecule has 0 unspecified atom stereocenters. The Hall–Kier alpha value is -3.91. The van der Waals surface area contributed by atoms with Gasteiger partial charge in [-0.2, -0.15) is 0 Å². The van der Waals surface area contributed by atoms with Crippen LogP contribution in [-0.4, -0.2) is 72.0 Å². The zero-order valence-corrected chi connectivity index (χ0v) is 23.3. The van der Waals surface area contributed by atoms with Crippen molar-refractivity contribution in [2.24, 2.45) is 0 Å². The van der Waals surface area contributed by atoms with E-state index in [1.54, 1.807) is 19.2 Å². The van der Waals surface area contributed by atoms with Gasteiger partial charge in [0.25, 0.3) is 11.8 Å². The first-order valence-corrected chi connectivity index (χ1v) is 14.1. The number of carbonyl (C=O) groups is 2. The number of pyridine rings is 1. The van der Waals surface area contributed by atoms with Crippen molar-refractivity contribution >= 4 is 11.8 Å². The van der Waals surface area contributed by atoms with Gasteiger partial charge in [-0.05, 0) is 61.7 Å². The Morgan fingerprint density at radius 2 is 1.68 bits per heavy atom. The van der Waals surface area contributed by atoms with Gasteiger partial charge >= 0.3 is 0 Å². The topological polar surface area (TPSA) is 84.0 Å². The average Bonchev–Trinajstić information content (AvgIpc) is 2.99. The summed E-state index contributed by atoms with van der Waals surface area (Å²) in [5.74, 6) is 1.48. The van der Waals surface area contributed by atoms with E-state index in [2.05, 4.69) is 34.3 Å². The molecule has 5 rings (SSSR count). The molecular weight excluding hydrogens is 504 g/mol. The third-order valence-electron chi connectivity index (χ3n) is 7.76. The number of piperidine rings is 2. The predicted molar refractivity (Wildman–Crippen MR) is 154 cm³/mol. The summed E-state index contributed by atoms with van der Waals surface area (Å²) in [6.07, 6.45) is 4.96. The lowest BCUT2D eigenvalue weighted by Crippen LogP contribution is -2.44. The Bertz CT molecular complexity index is 1280. The number of nitrogens with one attached hydrogen (secondary N) is 1. The fraction of sp³-hybridized carbons (Fsp3) is 0.406. The van der Waals surface area contributed by atoms with E-state index in [0.29, 0.717) is 24.3 Å². The van der Waals surface area contributed by atoms with Crippen LogP contribution >= 0.6 is 0 Å². The largest absolute Gasteiger partial charge is 0.497 e. The second kappa shape index (κ2) is 13.0. The molecule has 1 aromatic heterocycles. The van der Waals surface area contributed by atoms with E-state index in [4.69, 9.17) is 9.47 Å². The first-order valence-electron chi connectivity index (χ1n) is 14.1. The molecule has 0 saturated carbocycles. The number of hydrogen-bond donors (Lipinski definition) is 1. The van der Waals surface area contributed by atoms with Crippen LogP contribution in [-0.2, 0) is 6.54 Å². The lowest BCUT2D eigenvalue weighted by Gasteiger charge is -2.32. The summed E-state index contributed by atoms with van der Waals surface area (Å²) < 4.78 is 11.4. The zero-order chi connectivity index (χ0) is 27.9. The van der Waals surface area contributed by atoms with Crippen molar-refractivity contribution in [3.8, 4) is 11.5 Å². The molecule has 1 N–H and O–H groups in total. The van der Waals surface area contributed by atoms with Gasteiger partial charge in [0.1, 0.15) is 23.3 Å². The van der Waals surface area contributed by atoms with E-state index in [-0.39, 0.29) is 24.0 Å². The van der Waals surface area contributed by atoms with Crippen LogP contribution in [0.2, 0.25) is 0 Å². The fourth-order valence-electron chi connectivity index (χ4n) is 5.35. The van der Waals surface area contributed by atoms with Gasteiger partial charge < -0.3 is 19.7 Å². The highest BCUT2D eigenvalue weighted by atomic mass is 16.5. The number of amides is 2. The quantitative estimate of drug-likeness (QED) is 0.452. The van der Waals surface area contributed by atoms with Gasteiger partial charge in [0, 0.05) is 57.8 Å². The van der Waals surface area contributed by atoms with E-state index in [1.807, 2.05) is 41.3 Å². The second-order valence-corrected chi connectivity index (χ2v) is 10.7. The number of nitrogens with zero attached hydrogens (tertiary/aromatic N) is 3. The summed E-state index contributed by atoms with van der Waals surface area (Å²) in [6.45, 7) is 6.01. The van der Waals surface area contributed by atoms with Crippen molar-refractivity contribution in [3.05, 3.63) is 89.2 Å². The highest BCUT2D eigenvalue weighted by Crippen LogP contribution is 2.21. The normalized spacial score (nSPS) is 16.9. The molecule has 2 fully saturated rings. The molecule has 210 valence electrons. The minimum Gasteiger partial charge on any atom is -0.497 e. The summed E-state index contributed by atoms with van der Waals surface area (Å²) in [7, 11) is 1.68. The highest BCUT2D eigenvalue weighted by Gasteiger charge is 2.26. The van der Waals surface area contributed by atoms with Crippen LogP contribution in [0.25, 0.3) is 0 Å². The third kappa shape index (κ3) is 7.18. The standard InChI is InChI=1S/C32H38N4O4/c1-23-6-9-27(10-7-23)40-28-14-18-36(19-15-28)32(38)25-8-11-30(33-21-25)31(37)34-26-12-16-35(17-13-26)22-24-4-3-5-29(20-24)39-2/h3-11,20-21,26,28H,12-19,22H2,1-2H3,(H,34,37). The molecular formula is C32H38N4O4. The van der Waals surface area contributed by atoms with E-state index < -0.39 is 0 Å². The molecule has 0 spiro atoms. The molecule has 8 nitrogen and oxygen atoms in total. The summed E-state index contributed by atoms with van der Waals surface area (Å²) in [5, 5.41) is 3.12. The molecule has 0 radical (unpaired) electrons. The Balaban J connectivity index is 1.05. The molecule has 2 amide bonds. The van der Waals surface area contributed by atoms with Crippen molar-refractivity contribution in [2.75, 3.05) is 33.3 Å². The summed E-state index contributed by atoms with van der Waals surface area (Å²) in [4.78, 5) is 34.4. The van der Waals surface area contributed by atoms with Gasteiger partial charge in [-0.15, -0.1) is 0 Å². The molecule has 0 atom stereocenters. The number of benzene rings is 2. The monoisotopic (exact) mass is 542 g/mol. The van der Waals surface area contributed by atoms with E-state index in [0.717, 1.165) is 56.8 Å². The molecule has 0 bridgehead atoms. The number of aromatic nitrogens is 1. The minimum absolute atomic E-state index is 0.0587. The summed E-state index contributed by atoms with van der Waals surface area (Å²) in [6, 6.07) is 19.7. The van der Waals surface area contributed by atoms with Crippen LogP contribution < -0.4 is 14.8 Å². The molecule has 2 saturated heterocycles. The molecule has 2 aliphatic rings. The van der Waals surface area contributed by atoms with Gasteiger partial charge in [0.15, 0.2) is 0 Å². The van der Waals surface area contributed by atoms with Crippen LogP contribution in [0.3, 0.4) is 0 Å². The lowest BCUT2D eigenvalue weighted by molar-refractivity contribution is 0.0594. The van der Waals surface area contributed by atoms with Crippen molar-refractivity contribution in [3.63, 3.8) is 0 Å². The zero-order valence-electron chi connectivity index (χ0n) is 23.3. The van der Waals surface area contributed by atoms with Crippen molar-refractivity contribution < 1.29 is 19.1 Å². The fourth-order valence-corrected chi connectivity index (χ4v) is 5.35. The lowest BCUT2D eigenvalue weighted by atomic mass is 10.0. The molecule has 2 aliphatic heterocycles. The third-order valence-corrected chi connectivity index (χ3v) is 7.76. The number of carbonyl (C=O) groups excluding carboxylic acids is 2. The van der Waals surface area contributed by atoms with Crippen molar-refractivity contribution in [1.29, 1.82) is 0 Å². The summed E-state index contributed by atoms with van der Waals surface area (Å²) in [5.41, 5.74) is 3.26. The number of rotatable bonds is 8. The van der Waals surface area contributed by atoms with Crippen LogP contribution in [0.5, 0.6) is 11.5 Å². The van der Waals surface area contributed by atoms with Crippen LogP contribution in [0.15, 0.2) is 66.9 Å². The van der Waals surface area contributed by atoms with Gasteiger partial charge in [0.05, 0.1) is 12.7 Å². The van der Waals surface area contributed by atoms with Gasteiger partial charge in [-0.1, -0.05) is 29.8 Å². The Kier molecular flexibility index (Phi) is 8.96. The predicted octanol–water partition coefficient (Wildman–Crippen LogP) is 4.48. The van der Waals surface area contributed by atoms with Crippen molar-refractivity contribution in [1.82, 2.24) is 20.1 Å². The molecule has 3 heterocycles. The summed E-state index contributed by atoms with van der Waals surface area (Å²) >= 11 is 0. The Labute approximate surface area is 236 Å². The molecule has 0 aliphatic carbocycles. The van der Waals surface area contributed by atoms with E-state index >= 15 is 0 Å².